The number of carbonyl (C=O) groups excluding carboxylic acids is 1. The van der Waals surface area contributed by atoms with Crippen molar-refractivity contribution in [2.75, 3.05) is 7.05 Å². The molecule has 6 nitrogen and oxygen atoms in total. The number of amides is 1. The van der Waals surface area contributed by atoms with Gasteiger partial charge in [0, 0.05) is 19.7 Å². The Morgan fingerprint density at radius 2 is 2.19 bits per heavy atom. The molecule has 0 atom stereocenters. The van der Waals surface area contributed by atoms with Crippen molar-refractivity contribution in [3.63, 3.8) is 0 Å². The molecule has 0 fully saturated rings. The second-order valence-corrected chi connectivity index (χ2v) is 3.31. The Hall–Kier alpha value is -2.08. The van der Waals surface area contributed by atoms with E-state index in [1.165, 1.54) is 4.57 Å². The van der Waals surface area contributed by atoms with E-state index in [1.54, 1.807) is 32.3 Å². The number of hydrogen-bond acceptors (Lipinski definition) is 4. The average Bonchev–Trinajstić information content (AvgIpc) is 2.55. The fourth-order valence-corrected chi connectivity index (χ4v) is 1.45. The van der Waals surface area contributed by atoms with Gasteiger partial charge in [0.15, 0.2) is 5.58 Å². The standard InChI is InChI=1S/C10H11N3O3/c1-11-12-9(14)6-3-4-8-7(5-6)13(2)10(15)16-8/h3-5,11H,1-2H3,(H,12,14). The Kier molecular flexibility index (Phi) is 2.49. The van der Waals surface area contributed by atoms with E-state index in [4.69, 9.17) is 4.42 Å². The second-order valence-electron chi connectivity index (χ2n) is 3.31. The first-order chi connectivity index (χ1) is 7.63. The fourth-order valence-electron chi connectivity index (χ4n) is 1.45. The molecule has 0 unspecified atom stereocenters. The molecule has 1 aromatic heterocycles. The Balaban J connectivity index is 2.55. The molecule has 84 valence electrons. The van der Waals surface area contributed by atoms with Gasteiger partial charge in [0.05, 0.1) is 5.52 Å². The predicted octanol–water partition coefficient (Wildman–Crippen LogP) is -0.00430. The number of nitrogens with zero attached hydrogens (tertiary/aromatic N) is 1. The van der Waals surface area contributed by atoms with Crippen molar-refractivity contribution in [3.8, 4) is 0 Å². The Bertz CT molecular complexity index is 597. The van der Waals surface area contributed by atoms with Crippen LogP contribution in [0.5, 0.6) is 0 Å². The topological polar surface area (TPSA) is 76.3 Å². The van der Waals surface area contributed by atoms with Crippen LogP contribution >= 0.6 is 0 Å². The number of fused-ring (bicyclic) bond motifs is 1. The van der Waals surface area contributed by atoms with E-state index in [9.17, 15) is 9.59 Å². The lowest BCUT2D eigenvalue weighted by atomic mass is 10.2. The third-order valence-electron chi connectivity index (χ3n) is 2.29. The number of hydrazine groups is 1. The average molecular weight is 221 g/mol. The number of aryl methyl sites for hydroxylation is 1. The molecule has 2 rings (SSSR count). The van der Waals surface area contributed by atoms with Crippen molar-refractivity contribution < 1.29 is 9.21 Å². The number of oxazole rings is 1. The smallest absolute Gasteiger partial charge is 0.408 e. The van der Waals surface area contributed by atoms with Crippen LogP contribution in [-0.4, -0.2) is 17.5 Å². The van der Waals surface area contributed by atoms with Crippen molar-refractivity contribution in [2.45, 2.75) is 0 Å². The van der Waals surface area contributed by atoms with Crippen LogP contribution in [0.4, 0.5) is 0 Å². The third kappa shape index (κ3) is 1.59. The molecule has 6 heteroatoms. The van der Waals surface area contributed by atoms with E-state index in [1.807, 2.05) is 0 Å². The molecule has 0 aliphatic rings. The summed E-state index contributed by atoms with van der Waals surface area (Å²) in [6.45, 7) is 0. The molecule has 1 amide bonds. The zero-order valence-electron chi connectivity index (χ0n) is 8.90. The summed E-state index contributed by atoms with van der Waals surface area (Å²) in [6, 6.07) is 4.80. The largest absolute Gasteiger partial charge is 0.419 e. The highest BCUT2D eigenvalue weighted by Gasteiger charge is 2.10. The number of hydrogen-bond donors (Lipinski definition) is 2. The van der Waals surface area contributed by atoms with Gasteiger partial charge in [0.25, 0.3) is 5.91 Å². The molecule has 0 saturated heterocycles. The molecular weight excluding hydrogens is 210 g/mol. The number of rotatable bonds is 2. The first-order valence-corrected chi connectivity index (χ1v) is 4.70. The number of carbonyl (C=O) groups is 1. The van der Waals surface area contributed by atoms with Gasteiger partial charge in [0.2, 0.25) is 0 Å². The molecule has 2 aromatic rings. The monoisotopic (exact) mass is 221 g/mol. The number of nitrogens with one attached hydrogen (secondary N) is 2. The molecule has 0 spiro atoms. The van der Waals surface area contributed by atoms with Crippen LogP contribution in [0.3, 0.4) is 0 Å². The molecule has 2 N–H and O–H groups in total. The lowest BCUT2D eigenvalue weighted by Gasteiger charge is -2.02. The fraction of sp³-hybridized carbons (Fsp3) is 0.200. The van der Waals surface area contributed by atoms with Gasteiger partial charge in [-0.15, -0.1) is 0 Å². The Labute approximate surface area is 90.8 Å². The van der Waals surface area contributed by atoms with Gasteiger partial charge in [-0.25, -0.2) is 10.2 Å². The van der Waals surface area contributed by atoms with Gasteiger partial charge < -0.3 is 4.42 Å². The minimum atomic E-state index is -0.443. The van der Waals surface area contributed by atoms with Crippen molar-refractivity contribution in [1.29, 1.82) is 0 Å². The maximum Gasteiger partial charge on any atom is 0.419 e. The van der Waals surface area contributed by atoms with Gasteiger partial charge >= 0.3 is 5.76 Å². The van der Waals surface area contributed by atoms with Crippen LogP contribution in [0.2, 0.25) is 0 Å². The Morgan fingerprint density at radius 1 is 1.44 bits per heavy atom. The van der Waals surface area contributed by atoms with E-state index in [0.29, 0.717) is 16.7 Å². The zero-order valence-corrected chi connectivity index (χ0v) is 8.90. The summed E-state index contributed by atoms with van der Waals surface area (Å²) < 4.78 is 6.31. The summed E-state index contributed by atoms with van der Waals surface area (Å²) >= 11 is 0. The van der Waals surface area contributed by atoms with Gasteiger partial charge in [-0.2, -0.15) is 0 Å². The van der Waals surface area contributed by atoms with E-state index in [2.05, 4.69) is 10.9 Å². The Morgan fingerprint density at radius 3 is 2.88 bits per heavy atom. The van der Waals surface area contributed by atoms with Crippen LogP contribution in [-0.2, 0) is 7.05 Å². The van der Waals surface area contributed by atoms with Crippen molar-refractivity contribution >= 4 is 17.0 Å². The molecule has 16 heavy (non-hydrogen) atoms. The van der Waals surface area contributed by atoms with Crippen molar-refractivity contribution in [3.05, 3.63) is 34.3 Å². The summed E-state index contributed by atoms with van der Waals surface area (Å²) in [7, 11) is 3.19. The van der Waals surface area contributed by atoms with Gasteiger partial charge in [0.1, 0.15) is 0 Å². The van der Waals surface area contributed by atoms with E-state index >= 15 is 0 Å². The van der Waals surface area contributed by atoms with Gasteiger partial charge in [-0.3, -0.25) is 14.8 Å². The molecule has 0 aliphatic heterocycles. The van der Waals surface area contributed by atoms with Crippen LogP contribution < -0.4 is 16.6 Å². The molecule has 1 heterocycles. The molecule has 0 radical (unpaired) electrons. The molecule has 0 bridgehead atoms. The number of benzene rings is 1. The lowest BCUT2D eigenvalue weighted by Crippen LogP contribution is -2.34. The van der Waals surface area contributed by atoms with Crippen LogP contribution in [0.15, 0.2) is 27.4 Å². The highest BCUT2D eigenvalue weighted by molar-refractivity contribution is 5.96. The molecular formula is C10H11N3O3. The van der Waals surface area contributed by atoms with Crippen LogP contribution in [0, 0.1) is 0 Å². The van der Waals surface area contributed by atoms with Gasteiger partial charge in [-0.05, 0) is 18.2 Å². The maximum atomic E-state index is 11.5. The normalized spacial score (nSPS) is 10.6. The minimum absolute atomic E-state index is 0.266. The van der Waals surface area contributed by atoms with Crippen molar-refractivity contribution in [1.82, 2.24) is 15.4 Å². The summed E-state index contributed by atoms with van der Waals surface area (Å²) in [5, 5.41) is 0. The first-order valence-electron chi connectivity index (χ1n) is 4.70. The molecule has 0 aliphatic carbocycles. The van der Waals surface area contributed by atoms with Crippen LogP contribution in [0.25, 0.3) is 11.1 Å². The summed E-state index contributed by atoms with van der Waals surface area (Å²) in [6.07, 6.45) is 0. The predicted molar refractivity (Wildman–Crippen MR) is 58.0 cm³/mol. The highest BCUT2D eigenvalue weighted by Crippen LogP contribution is 2.13. The van der Waals surface area contributed by atoms with Crippen molar-refractivity contribution in [2.24, 2.45) is 7.05 Å². The second kappa shape index (κ2) is 3.82. The van der Waals surface area contributed by atoms with Crippen LogP contribution in [0.1, 0.15) is 10.4 Å². The quantitative estimate of drug-likeness (QED) is 0.700. The minimum Gasteiger partial charge on any atom is -0.408 e. The zero-order chi connectivity index (χ0) is 11.7. The number of aromatic nitrogens is 1. The molecule has 0 saturated carbocycles. The maximum absolute atomic E-state index is 11.5. The summed E-state index contributed by atoms with van der Waals surface area (Å²) in [4.78, 5) is 22.7. The highest BCUT2D eigenvalue weighted by atomic mass is 16.4. The van der Waals surface area contributed by atoms with E-state index < -0.39 is 5.76 Å². The molecule has 1 aromatic carbocycles. The lowest BCUT2D eigenvalue weighted by molar-refractivity contribution is 0.0938. The third-order valence-corrected chi connectivity index (χ3v) is 2.29. The van der Waals surface area contributed by atoms with Gasteiger partial charge in [-0.1, -0.05) is 0 Å². The van der Waals surface area contributed by atoms with E-state index in [0.717, 1.165) is 0 Å². The summed E-state index contributed by atoms with van der Waals surface area (Å²) in [5.74, 6) is -0.709. The first kappa shape index (κ1) is 10.4. The SMILES string of the molecule is CNNC(=O)c1ccc2oc(=O)n(C)c2c1. The van der Waals surface area contributed by atoms with E-state index in [-0.39, 0.29) is 5.91 Å². The summed E-state index contributed by atoms with van der Waals surface area (Å²) in [5.41, 5.74) is 6.50.